The minimum Gasteiger partial charge on any atom is -0.455 e. The Morgan fingerprint density at radius 1 is 1.03 bits per heavy atom. The van der Waals surface area contributed by atoms with E-state index in [1.807, 2.05) is 25.9 Å². The van der Waals surface area contributed by atoms with Gasteiger partial charge in [0, 0.05) is 44.0 Å². The fourth-order valence-electron chi connectivity index (χ4n) is 9.39. The summed E-state index contributed by atoms with van der Waals surface area (Å²) in [4.78, 5) is 64.3. The number of likely N-dealkylation sites (N-methyl/N-ethyl adjacent to an activating group) is 1. The Hall–Kier alpha value is -4.10. The molecule has 18 heteroatoms. The number of aliphatic hydroxyl groups is 1. The number of aryl methyl sites for hydroxylation is 1. The van der Waals surface area contributed by atoms with Crippen molar-refractivity contribution in [3.63, 3.8) is 0 Å². The topological polar surface area (TPSA) is 211 Å². The monoisotopic (exact) mass is 845 g/mol. The first-order valence-electron chi connectivity index (χ1n) is 20.9. The standard InChI is InChI=1S/C42H64FN7O10/c1-12-30-42(8)34(50(39(55)60-42)19-14-13-18-49-22-28(46-47-49)27-16-15-17-31(44)45-27)25(4)32(51)23(2)21-40(6,56-11)36(26(5)35(53)41(7,43)38(54)58-30)59-37-33(52)29(48(9)10)20-24(3)57-37/h15-17,22-26,29-30,33-34,36-37,52H,12-14,18-21H2,1-11H3,(H2,44,45)/t23-,24?,25+,26+,29?,30-,33?,34-,36-,37?,40+,41+,42-/m1/s1. The Morgan fingerprint density at radius 2 is 1.72 bits per heavy atom. The van der Waals surface area contributed by atoms with Crippen molar-refractivity contribution in [2.24, 2.45) is 17.8 Å². The summed E-state index contributed by atoms with van der Waals surface area (Å²) in [7, 11) is 5.03. The first kappa shape index (κ1) is 47.0. The van der Waals surface area contributed by atoms with Gasteiger partial charge in [0.1, 0.15) is 29.5 Å². The Labute approximate surface area is 351 Å². The highest BCUT2D eigenvalue weighted by molar-refractivity contribution is 6.08. The van der Waals surface area contributed by atoms with Gasteiger partial charge in [-0.25, -0.2) is 19.0 Å². The number of aromatic nitrogens is 4. The van der Waals surface area contributed by atoms with Gasteiger partial charge in [0.25, 0.3) is 5.67 Å². The second-order valence-corrected chi connectivity index (χ2v) is 17.6. The van der Waals surface area contributed by atoms with Crippen LogP contribution in [0, 0.1) is 17.8 Å². The van der Waals surface area contributed by atoms with Crippen molar-refractivity contribution in [2.75, 3.05) is 33.5 Å². The van der Waals surface area contributed by atoms with Gasteiger partial charge in [-0.2, -0.15) is 0 Å². The molecule has 4 unspecified atom stereocenters. The van der Waals surface area contributed by atoms with Gasteiger partial charge in [-0.3, -0.25) is 14.3 Å². The van der Waals surface area contributed by atoms with Gasteiger partial charge in [-0.1, -0.05) is 39.0 Å². The van der Waals surface area contributed by atoms with Crippen molar-refractivity contribution < 1.29 is 52.4 Å². The highest BCUT2D eigenvalue weighted by Crippen LogP contribution is 2.44. The van der Waals surface area contributed by atoms with Crippen LogP contribution < -0.4 is 5.73 Å². The van der Waals surface area contributed by atoms with E-state index in [2.05, 4.69) is 15.3 Å². The molecule has 0 saturated carbocycles. The molecular weight excluding hydrogens is 781 g/mol. The van der Waals surface area contributed by atoms with Crippen LogP contribution >= 0.6 is 0 Å². The number of hydrogen-bond donors (Lipinski definition) is 2. The second-order valence-electron chi connectivity index (χ2n) is 17.6. The van der Waals surface area contributed by atoms with Gasteiger partial charge in [-0.05, 0) is 86.0 Å². The predicted molar refractivity (Wildman–Crippen MR) is 217 cm³/mol. The average molecular weight is 846 g/mol. The molecule has 3 saturated heterocycles. The molecule has 0 aliphatic carbocycles. The van der Waals surface area contributed by atoms with Crippen LogP contribution in [-0.4, -0.2) is 146 Å². The molecule has 17 nitrogen and oxygen atoms in total. The number of pyridine rings is 1. The number of nitrogens with zero attached hydrogens (tertiary/aromatic N) is 6. The number of anilines is 1. The van der Waals surface area contributed by atoms with Crippen molar-refractivity contribution >= 4 is 29.4 Å². The number of rotatable bonds is 11. The van der Waals surface area contributed by atoms with Crippen LogP contribution in [0.25, 0.3) is 11.4 Å². The molecule has 3 aliphatic heterocycles. The molecule has 0 aromatic carbocycles. The molecule has 1 amide bonds. The third kappa shape index (κ3) is 9.37. The summed E-state index contributed by atoms with van der Waals surface area (Å²) in [5, 5.41) is 19.8. The van der Waals surface area contributed by atoms with Crippen LogP contribution in [0.3, 0.4) is 0 Å². The highest BCUT2D eigenvalue weighted by Gasteiger charge is 2.61. The third-order valence-electron chi connectivity index (χ3n) is 12.8. The molecule has 13 atom stereocenters. The lowest BCUT2D eigenvalue weighted by Gasteiger charge is -2.47. The zero-order valence-corrected chi connectivity index (χ0v) is 36.8. The predicted octanol–water partition coefficient (Wildman–Crippen LogP) is 4.00. The fraction of sp³-hybridized carbons (Fsp3) is 0.738. The van der Waals surface area contributed by atoms with E-state index in [-0.39, 0.29) is 37.3 Å². The van der Waals surface area contributed by atoms with E-state index in [0.717, 1.165) is 6.92 Å². The normalized spacial score (nSPS) is 37.1. The Balaban J connectivity index is 1.45. The highest BCUT2D eigenvalue weighted by atomic mass is 19.1. The number of ketones is 2. The van der Waals surface area contributed by atoms with E-state index in [0.29, 0.717) is 43.0 Å². The molecular formula is C42H64FN7O10. The number of nitrogen functional groups attached to an aromatic ring is 1. The summed E-state index contributed by atoms with van der Waals surface area (Å²) < 4.78 is 49.1. The largest absolute Gasteiger partial charge is 0.455 e. The molecule has 334 valence electrons. The molecule has 3 N–H and O–H groups in total. The van der Waals surface area contributed by atoms with Crippen molar-refractivity contribution in [3.05, 3.63) is 24.4 Å². The number of halogens is 1. The van der Waals surface area contributed by atoms with E-state index in [4.69, 9.17) is 29.4 Å². The molecule has 2 aromatic heterocycles. The van der Waals surface area contributed by atoms with Gasteiger partial charge in [0.2, 0.25) is 0 Å². The Morgan fingerprint density at radius 3 is 2.35 bits per heavy atom. The SMILES string of the molecule is CC[C@H]1OC(=O)[C@@](C)(F)C(=O)[C@H](C)[C@@H](OC2OC(C)CC(N(C)C)C2O)[C@@](C)(OC)C[C@@H](C)C(=O)[C@H](C)[C@H]2N(CCCCn3cc(-c4cccc(N)n4)nn3)C(=O)O[C@]12C. The van der Waals surface area contributed by atoms with Gasteiger partial charge < -0.3 is 44.3 Å². The number of ether oxygens (including phenoxy) is 5. The molecule has 5 heterocycles. The first-order valence-corrected chi connectivity index (χ1v) is 20.9. The number of alkyl halides is 1. The van der Waals surface area contributed by atoms with Crippen molar-refractivity contribution in [3.8, 4) is 11.4 Å². The maximum Gasteiger partial charge on any atom is 0.410 e. The number of amides is 1. The number of cyclic esters (lactones) is 1. The third-order valence-corrected chi connectivity index (χ3v) is 12.8. The number of nitrogens with two attached hydrogens (primary N) is 1. The Bertz CT molecular complexity index is 1860. The number of esters is 1. The molecule has 3 fully saturated rings. The van der Waals surface area contributed by atoms with Crippen LogP contribution in [0.4, 0.5) is 15.0 Å². The van der Waals surface area contributed by atoms with E-state index in [1.165, 1.54) is 18.9 Å². The first-order chi connectivity index (χ1) is 28.1. The number of methoxy groups -OCH3 is 1. The molecule has 3 aliphatic rings. The van der Waals surface area contributed by atoms with E-state index in [1.54, 1.807) is 63.7 Å². The number of carbonyl (C=O) groups excluding carboxylic acids is 4. The summed E-state index contributed by atoms with van der Waals surface area (Å²) in [5.74, 6) is -5.52. The maximum atomic E-state index is 16.9. The minimum atomic E-state index is -3.19. The lowest BCUT2D eigenvalue weighted by molar-refractivity contribution is -0.295. The van der Waals surface area contributed by atoms with Crippen LogP contribution in [0.5, 0.6) is 0 Å². The molecule has 0 bridgehead atoms. The molecule has 5 rings (SSSR count). The van der Waals surface area contributed by atoms with Crippen molar-refractivity contribution in [1.82, 2.24) is 29.8 Å². The number of hydrogen-bond acceptors (Lipinski definition) is 15. The second kappa shape index (κ2) is 18.5. The molecule has 2 aromatic rings. The summed E-state index contributed by atoms with van der Waals surface area (Å²) in [6.07, 6.45) is -2.71. The summed E-state index contributed by atoms with van der Waals surface area (Å²) in [5.41, 5.74) is 0.700. The summed E-state index contributed by atoms with van der Waals surface area (Å²) in [6, 6.07) is 3.91. The lowest BCUT2D eigenvalue weighted by atomic mass is 9.73. The van der Waals surface area contributed by atoms with Gasteiger partial charge in [0.15, 0.2) is 17.7 Å². The molecule has 0 spiro atoms. The van der Waals surface area contributed by atoms with E-state index >= 15 is 4.39 Å². The van der Waals surface area contributed by atoms with E-state index < -0.39 is 83.1 Å². The minimum absolute atomic E-state index is 0.0156. The number of aliphatic hydroxyl groups excluding tert-OH is 1. The van der Waals surface area contributed by atoms with Crippen molar-refractivity contribution in [2.45, 2.75) is 154 Å². The average Bonchev–Trinajstić information content (AvgIpc) is 3.78. The number of fused-ring (bicyclic) bond motifs is 1. The van der Waals surface area contributed by atoms with Crippen LogP contribution in [0.2, 0.25) is 0 Å². The van der Waals surface area contributed by atoms with Crippen LogP contribution in [-0.2, 0) is 44.6 Å². The smallest absolute Gasteiger partial charge is 0.410 e. The maximum absolute atomic E-state index is 16.9. The van der Waals surface area contributed by atoms with Crippen molar-refractivity contribution in [1.29, 1.82) is 0 Å². The molecule has 60 heavy (non-hydrogen) atoms. The van der Waals surface area contributed by atoms with Gasteiger partial charge in [0.05, 0.1) is 35.7 Å². The summed E-state index contributed by atoms with van der Waals surface area (Å²) in [6.45, 7) is 13.1. The number of Topliss-reactive ketones (excluding diaryl/α,β-unsaturated/α-hetero) is 2. The zero-order valence-electron chi connectivity index (χ0n) is 36.8. The van der Waals surface area contributed by atoms with Crippen LogP contribution in [0.1, 0.15) is 87.5 Å². The summed E-state index contributed by atoms with van der Waals surface area (Å²) >= 11 is 0. The van der Waals surface area contributed by atoms with Crippen LogP contribution in [0.15, 0.2) is 24.4 Å². The van der Waals surface area contributed by atoms with Gasteiger partial charge >= 0.3 is 12.1 Å². The lowest BCUT2D eigenvalue weighted by Crippen LogP contribution is -2.61. The quantitative estimate of drug-likeness (QED) is 0.186. The fourth-order valence-corrected chi connectivity index (χ4v) is 9.39. The Kier molecular flexibility index (Phi) is 14.5. The number of unbranched alkanes of at least 4 members (excludes halogenated alkanes) is 1. The zero-order chi connectivity index (χ0) is 44.5. The number of carbonyl (C=O) groups is 4. The molecule has 0 radical (unpaired) electrons. The van der Waals surface area contributed by atoms with E-state index in [9.17, 15) is 24.3 Å². The van der Waals surface area contributed by atoms with Gasteiger partial charge in [-0.15, -0.1) is 5.10 Å².